The maximum Gasteiger partial charge on any atom is 0.146 e. The summed E-state index contributed by atoms with van der Waals surface area (Å²) in [7, 11) is 0. The maximum absolute atomic E-state index is 6.06. The minimum absolute atomic E-state index is 0.0393. The van der Waals surface area contributed by atoms with Crippen LogP contribution in [0, 0.1) is 0 Å². The maximum atomic E-state index is 6.06. The van der Waals surface area contributed by atoms with E-state index in [9.17, 15) is 0 Å². The lowest BCUT2D eigenvalue weighted by Crippen LogP contribution is -2.05. The molecule has 1 atom stereocenters. The van der Waals surface area contributed by atoms with Gasteiger partial charge in [-0.05, 0) is 42.8 Å². The largest absolute Gasteiger partial charge is 0.456 e. The zero-order valence-corrected chi connectivity index (χ0v) is 13.3. The third-order valence-electron chi connectivity index (χ3n) is 2.58. The zero-order chi connectivity index (χ0) is 14.0. The monoisotopic (exact) mass is 359 g/mol. The van der Waals surface area contributed by atoms with E-state index in [1.807, 2.05) is 25.1 Å². The van der Waals surface area contributed by atoms with Gasteiger partial charge in [-0.2, -0.15) is 0 Å². The molecule has 100 valence electrons. The Kier molecular flexibility index (Phi) is 4.74. The van der Waals surface area contributed by atoms with Crippen LogP contribution in [0.25, 0.3) is 0 Å². The highest BCUT2D eigenvalue weighted by molar-refractivity contribution is 9.10. The molecule has 0 aliphatic carbocycles. The molecule has 5 heteroatoms. The Morgan fingerprint density at radius 3 is 2.47 bits per heavy atom. The van der Waals surface area contributed by atoms with Gasteiger partial charge >= 0.3 is 0 Å². The lowest BCUT2D eigenvalue weighted by atomic mass is 10.1. The van der Waals surface area contributed by atoms with E-state index < -0.39 is 0 Å². The van der Waals surface area contributed by atoms with Crippen LogP contribution in [-0.2, 0) is 0 Å². The zero-order valence-electron chi connectivity index (χ0n) is 10.2. The summed E-state index contributed by atoms with van der Waals surface area (Å²) in [5, 5.41) is 1.05. The van der Waals surface area contributed by atoms with Gasteiger partial charge in [0, 0.05) is 15.5 Å². The Morgan fingerprint density at radius 1 is 1.16 bits per heavy atom. The van der Waals surface area contributed by atoms with E-state index in [0.717, 1.165) is 10.0 Å². The average molecular weight is 361 g/mol. The predicted octanol–water partition coefficient (Wildman–Crippen LogP) is 5.57. The number of hydrogen-bond acceptors (Lipinski definition) is 2. The standard InChI is InChI=1S/C14H12BrCl2NO/c1-8(18)11-4-3-10(7-12(11)15)19-14-5-2-9(16)6-13(14)17/h2-8H,18H2,1H3. The number of nitrogens with two attached hydrogens (primary N) is 1. The van der Waals surface area contributed by atoms with Crippen LogP contribution >= 0.6 is 39.1 Å². The molecule has 0 radical (unpaired) electrons. The van der Waals surface area contributed by atoms with Crippen molar-refractivity contribution in [3.63, 3.8) is 0 Å². The molecule has 0 bridgehead atoms. The second kappa shape index (κ2) is 6.14. The van der Waals surface area contributed by atoms with Crippen LogP contribution in [-0.4, -0.2) is 0 Å². The Bertz CT molecular complexity index is 602. The van der Waals surface area contributed by atoms with Crippen molar-refractivity contribution in [2.45, 2.75) is 13.0 Å². The van der Waals surface area contributed by atoms with Crippen molar-refractivity contribution in [1.82, 2.24) is 0 Å². The summed E-state index contributed by atoms with van der Waals surface area (Å²) in [5.74, 6) is 1.24. The Hall–Kier alpha value is -0.740. The molecule has 0 heterocycles. The average Bonchev–Trinajstić information content (AvgIpc) is 2.32. The molecule has 0 saturated heterocycles. The molecule has 0 aromatic heterocycles. The van der Waals surface area contributed by atoms with Gasteiger partial charge in [-0.3, -0.25) is 0 Å². The highest BCUT2D eigenvalue weighted by Gasteiger charge is 2.08. The van der Waals surface area contributed by atoms with Crippen LogP contribution in [0.15, 0.2) is 40.9 Å². The van der Waals surface area contributed by atoms with Gasteiger partial charge in [0.25, 0.3) is 0 Å². The van der Waals surface area contributed by atoms with E-state index in [2.05, 4.69) is 15.9 Å². The van der Waals surface area contributed by atoms with Gasteiger partial charge < -0.3 is 10.5 Å². The van der Waals surface area contributed by atoms with Gasteiger partial charge in [0.1, 0.15) is 11.5 Å². The van der Waals surface area contributed by atoms with Crippen LogP contribution in [0.3, 0.4) is 0 Å². The second-order valence-corrected chi connectivity index (χ2v) is 5.85. The normalized spacial score (nSPS) is 12.3. The minimum Gasteiger partial charge on any atom is -0.456 e. The van der Waals surface area contributed by atoms with Crippen molar-refractivity contribution in [3.05, 3.63) is 56.5 Å². The first kappa shape index (κ1) is 14.7. The molecule has 0 spiro atoms. The number of halogens is 3. The van der Waals surface area contributed by atoms with Crippen molar-refractivity contribution in [2.75, 3.05) is 0 Å². The van der Waals surface area contributed by atoms with Gasteiger partial charge in [0.15, 0.2) is 0 Å². The number of ether oxygens (including phenoxy) is 1. The first-order valence-electron chi connectivity index (χ1n) is 5.65. The molecule has 0 aliphatic heterocycles. The molecule has 2 rings (SSSR count). The molecular formula is C14H12BrCl2NO. The van der Waals surface area contributed by atoms with Crippen LogP contribution in [0.4, 0.5) is 0 Å². The van der Waals surface area contributed by atoms with Gasteiger partial charge in [-0.25, -0.2) is 0 Å². The molecule has 0 fully saturated rings. The summed E-state index contributed by atoms with van der Waals surface area (Å²) in [5.41, 5.74) is 6.87. The highest BCUT2D eigenvalue weighted by atomic mass is 79.9. The van der Waals surface area contributed by atoms with E-state index >= 15 is 0 Å². The van der Waals surface area contributed by atoms with E-state index in [-0.39, 0.29) is 6.04 Å². The number of hydrogen-bond donors (Lipinski definition) is 1. The van der Waals surface area contributed by atoms with E-state index in [0.29, 0.717) is 21.5 Å². The lowest BCUT2D eigenvalue weighted by molar-refractivity contribution is 0.482. The fourth-order valence-electron chi connectivity index (χ4n) is 1.63. The SMILES string of the molecule is CC(N)c1ccc(Oc2ccc(Cl)cc2Cl)cc1Br. The first-order chi connectivity index (χ1) is 8.97. The molecule has 2 aromatic rings. The Morgan fingerprint density at radius 2 is 1.89 bits per heavy atom. The van der Waals surface area contributed by atoms with Crippen LogP contribution < -0.4 is 10.5 Å². The van der Waals surface area contributed by atoms with Crippen molar-refractivity contribution in [2.24, 2.45) is 5.73 Å². The van der Waals surface area contributed by atoms with Gasteiger partial charge in [-0.1, -0.05) is 45.2 Å². The molecule has 2 N–H and O–H groups in total. The molecule has 0 aliphatic rings. The molecule has 2 nitrogen and oxygen atoms in total. The quantitative estimate of drug-likeness (QED) is 0.776. The molecule has 1 unspecified atom stereocenters. The summed E-state index contributed by atoms with van der Waals surface area (Å²) in [6, 6.07) is 10.7. The molecule has 2 aromatic carbocycles. The Balaban J connectivity index is 2.26. The lowest BCUT2D eigenvalue weighted by Gasteiger charge is -2.12. The molecule has 0 saturated carbocycles. The van der Waals surface area contributed by atoms with E-state index in [4.69, 9.17) is 33.7 Å². The summed E-state index contributed by atoms with van der Waals surface area (Å²) >= 11 is 15.4. The van der Waals surface area contributed by atoms with Gasteiger partial charge in [0.05, 0.1) is 5.02 Å². The summed E-state index contributed by atoms with van der Waals surface area (Å²) in [6.45, 7) is 1.93. The minimum atomic E-state index is -0.0393. The highest BCUT2D eigenvalue weighted by Crippen LogP contribution is 2.34. The third kappa shape index (κ3) is 3.63. The topological polar surface area (TPSA) is 35.2 Å². The van der Waals surface area contributed by atoms with Crippen molar-refractivity contribution < 1.29 is 4.74 Å². The third-order valence-corrected chi connectivity index (χ3v) is 3.80. The fraction of sp³-hybridized carbons (Fsp3) is 0.143. The summed E-state index contributed by atoms with van der Waals surface area (Å²) in [4.78, 5) is 0. The van der Waals surface area contributed by atoms with E-state index in [1.54, 1.807) is 18.2 Å². The van der Waals surface area contributed by atoms with Gasteiger partial charge in [0.2, 0.25) is 0 Å². The van der Waals surface area contributed by atoms with E-state index in [1.165, 1.54) is 0 Å². The van der Waals surface area contributed by atoms with Crippen molar-refractivity contribution >= 4 is 39.1 Å². The van der Waals surface area contributed by atoms with Crippen LogP contribution in [0.2, 0.25) is 10.0 Å². The molecular weight excluding hydrogens is 349 g/mol. The predicted molar refractivity (Wildman–Crippen MR) is 83.3 cm³/mol. The molecule has 19 heavy (non-hydrogen) atoms. The smallest absolute Gasteiger partial charge is 0.146 e. The Labute approximate surface area is 130 Å². The van der Waals surface area contributed by atoms with Crippen LogP contribution in [0.1, 0.15) is 18.5 Å². The van der Waals surface area contributed by atoms with Crippen LogP contribution in [0.5, 0.6) is 11.5 Å². The first-order valence-corrected chi connectivity index (χ1v) is 7.20. The van der Waals surface area contributed by atoms with Crippen molar-refractivity contribution in [3.8, 4) is 11.5 Å². The summed E-state index contributed by atoms with van der Waals surface area (Å²) in [6.07, 6.45) is 0. The molecule has 0 amide bonds. The summed E-state index contributed by atoms with van der Waals surface area (Å²) < 4.78 is 6.63. The van der Waals surface area contributed by atoms with Crippen molar-refractivity contribution in [1.29, 1.82) is 0 Å². The number of benzene rings is 2. The second-order valence-electron chi connectivity index (χ2n) is 4.15. The van der Waals surface area contributed by atoms with Gasteiger partial charge in [-0.15, -0.1) is 0 Å². The fourth-order valence-corrected chi connectivity index (χ4v) is 2.79. The number of rotatable bonds is 3.